The number of ether oxygens (including phenoxy) is 1. The van der Waals surface area contributed by atoms with Gasteiger partial charge in [-0.1, -0.05) is 54.6 Å². The average molecular weight is 409 g/mol. The Kier molecular flexibility index (Phi) is 5.50. The van der Waals surface area contributed by atoms with Crippen LogP contribution in [0, 0.1) is 11.3 Å². The van der Waals surface area contributed by atoms with Crippen LogP contribution in [0.5, 0.6) is 0 Å². The molecule has 1 heterocycles. The van der Waals surface area contributed by atoms with Crippen LogP contribution in [0.3, 0.4) is 0 Å². The number of anilines is 1. The van der Waals surface area contributed by atoms with Gasteiger partial charge in [0.2, 0.25) is 5.91 Å². The summed E-state index contributed by atoms with van der Waals surface area (Å²) in [6, 6.07) is 23.0. The van der Waals surface area contributed by atoms with Gasteiger partial charge >= 0.3 is 5.97 Å². The first-order valence-corrected chi connectivity index (χ1v) is 9.66. The quantitative estimate of drug-likeness (QED) is 0.299. The fourth-order valence-corrected chi connectivity index (χ4v) is 3.60. The van der Waals surface area contributed by atoms with Gasteiger partial charge in [0.1, 0.15) is 18.2 Å². The molecule has 0 aliphatic carbocycles. The van der Waals surface area contributed by atoms with E-state index in [-0.39, 0.29) is 18.0 Å². The lowest BCUT2D eigenvalue weighted by atomic mass is 10.1. The van der Waals surface area contributed by atoms with Crippen molar-refractivity contribution < 1.29 is 14.3 Å². The maximum atomic E-state index is 12.8. The maximum absolute atomic E-state index is 12.8. The van der Waals surface area contributed by atoms with Gasteiger partial charge in [-0.2, -0.15) is 5.26 Å². The van der Waals surface area contributed by atoms with Gasteiger partial charge < -0.3 is 14.6 Å². The molecule has 1 amide bonds. The van der Waals surface area contributed by atoms with Gasteiger partial charge in [0, 0.05) is 33.7 Å². The van der Waals surface area contributed by atoms with Crippen molar-refractivity contribution in [1.29, 1.82) is 5.26 Å². The second kappa shape index (κ2) is 8.56. The van der Waals surface area contributed by atoms with Gasteiger partial charge in [0.25, 0.3) is 0 Å². The zero-order valence-electron chi connectivity index (χ0n) is 16.8. The summed E-state index contributed by atoms with van der Waals surface area (Å²) in [6.07, 6.45) is 3.24. The minimum absolute atomic E-state index is 0.0810. The van der Waals surface area contributed by atoms with Crippen LogP contribution in [0.25, 0.3) is 27.8 Å². The molecule has 0 saturated carbocycles. The van der Waals surface area contributed by atoms with E-state index in [1.165, 1.54) is 13.2 Å². The summed E-state index contributed by atoms with van der Waals surface area (Å²) < 4.78 is 6.46. The highest BCUT2D eigenvalue weighted by atomic mass is 16.5. The minimum atomic E-state index is -0.701. The van der Waals surface area contributed by atoms with Crippen molar-refractivity contribution in [3.8, 4) is 6.07 Å². The summed E-state index contributed by atoms with van der Waals surface area (Å²) in [4.78, 5) is 24.6. The van der Waals surface area contributed by atoms with E-state index in [9.17, 15) is 14.9 Å². The van der Waals surface area contributed by atoms with Crippen LogP contribution < -0.4 is 5.32 Å². The normalized spacial score (nSPS) is 11.3. The van der Waals surface area contributed by atoms with Gasteiger partial charge in [-0.05, 0) is 23.6 Å². The van der Waals surface area contributed by atoms with E-state index in [1.54, 1.807) is 10.8 Å². The van der Waals surface area contributed by atoms with Gasteiger partial charge in [-0.15, -0.1) is 0 Å². The van der Waals surface area contributed by atoms with Gasteiger partial charge in [-0.3, -0.25) is 4.79 Å². The van der Waals surface area contributed by atoms with E-state index in [2.05, 4.69) is 10.1 Å². The third-order valence-corrected chi connectivity index (χ3v) is 5.02. The molecule has 6 nitrogen and oxygen atoms in total. The molecular weight excluding hydrogens is 390 g/mol. The fraction of sp³-hybridized carbons (Fsp3) is 0.0800. The number of amides is 1. The number of nitrogens with zero attached hydrogens (tertiary/aromatic N) is 2. The smallest absolute Gasteiger partial charge is 0.348 e. The first-order valence-electron chi connectivity index (χ1n) is 9.66. The predicted molar refractivity (Wildman–Crippen MR) is 120 cm³/mol. The minimum Gasteiger partial charge on any atom is -0.465 e. The van der Waals surface area contributed by atoms with Crippen molar-refractivity contribution >= 4 is 45.3 Å². The number of para-hydroxylation sites is 1. The van der Waals surface area contributed by atoms with Crippen molar-refractivity contribution in [3.05, 3.63) is 84.1 Å². The topological polar surface area (TPSA) is 84.1 Å². The zero-order valence-corrected chi connectivity index (χ0v) is 16.8. The fourth-order valence-electron chi connectivity index (χ4n) is 3.60. The number of nitrogens with one attached hydrogen (secondary N) is 1. The molecule has 0 aliphatic heterocycles. The number of fused-ring (bicyclic) bond motifs is 2. The number of carbonyl (C=O) groups excluding carboxylic acids is 2. The van der Waals surface area contributed by atoms with Crippen LogP contribution in [0.2, 0.25) is 0 Å². The summed E-state index contributed by atoms with van der Waals surface area (Å²) in [6.45, 7) is 0.0810. The monoisotopic (exact) mass is 409 g/mol. The van der Waals surface area contributed by atoms with Crippen molar-refractivity contribution in [2.45, 2.75) is 6.54 Å². The molecule has 0 atom stereocenters. The molecule has 152 valence electrons. The van der Waals surface area contributed by atoms with Gasteiger partial charge in [0.15, 0.2) is 0 Å². The zero-order chi connectivity index (χ0) is 21.8. The van der Waals surface area contributed by atoms with Crippen LogP contribution in [0.4, 0.5) is 5.69 Å². The van der Waals surface area contributed by atoms with E-state index < -0.39 is 5.97 Å². The van der Waals surface area contributed by atoms with Gasteiger partial charge in [0.05, 0.1) is 7.11 Å². The average Bonchev–Trinajstić information content (AvgIpc) is 3.14. The summed E-state index contributed by atoms with van der Waals surface area (Å²) in [5.74, 6) is -0.880. The molecule has 0 bridgehead atoms. The Hall–Kier alpha value is -4.37. The molecule has 0 unspecified atom stereocenters. The van der Waals surface area contributed by atoms with Crippen molar-refractivity contribution in [2.75, 3.05) is 12.4 Å². The highest BCUT2D eigenvalue weighted by molar-refractivity contribution is 6.03. The molecule has 4 aromatic rings. The molecule has 1 aromatic heterocycles. The number of methoxy groups -OCH3 is 1. The molecule has 0 radical (unpaired) electrons. The van der Waals surface area contributed by atoms with Crippen LogP contribution in [0.1, 0.15) is 5.56 Å². The Morgan fingerprint density at radius 2 is 1.74 bits per heavy atom. The predicted octanol–water partition coefficient (Wildman–Crippen LogP) is 4.51. The van der Waals surface area contributed by atoms with Gasteiger partial charge in [-0.25, -0.2) is 4.79 Å². The summed E-state index contributed by atoms with van der Waals surface area (Å²) in [7, 11) is 1.23. The Morgan fingerprint density at radius 1 is 1.03 bits per heavy atom. The number of rotatable bonds is 5. The van der Waals surface area contributed by atoms with E-state index in [1.807, 2.05) is 72.8 Å². The lowest BCUT2D eigenvalue weighted by Gasteiger charge is -2.10. The van der Waals surface area contributed by atoms with Crippen LogP contribution in [0.15, 0.2) is 78.5 Å². The third kappa shape index (κ3) is 4.02. The lowest BCUT2D eigenvalue weighted by molar-refractivity contribution is -0.135. The molecule has 0 saturated heterocycles. The second-order valence-electron chi connectivity index (χ2n) is 6.97. The molecule has 0 fully saturated rings. The van der Waals surface area contributed by atoms with Crippen LogP contribution in [-0.2, 0) is 20.9 Å². The SMILES string of the molecule is COC(=O)/C(C#N)=C/c1cn(CC(=O)Nc2cccc3ccccc23)c2ccccc12. The molecular formula is C25H19N3O3. The van der Waals surface area contributed by atoms with Crippen molar-refractivity contribution in [2.24, 2.45) is 0 Å². The Labute approximate surface area is 179 Å². The van der Waals surface area contributed by atoms with E-state index >= 15 is 0 Å². The summed E-state index contributed by atoms with van der Waals surface area (Å²) in [5, 5.41) is 15.1. The third-order valence-electron chi connectivity index (χ3n) is 5.02. The number of aromatic nitrogens is 1. The molecule has 0 spiro atoms. The molecule has 3 aromatic carbocycles. The summed E-state index contributed by atoms with van der Waals surface area (Å²) >= 11 is 0. The van der Waals surface area contributed by atoms with E-state index in [0.29, 0.717) is 5.56 Å². The molecule has 0 aliphatic rings. The molecule has 4 rings (SSSR count). The Balaban J connectivity index is 1.66. The van der Waals surface area contributed by atoms with E-state index in [4.69, 9.17) is 0 Å². The summed E-state index contributed by atoms with van der Waals surface area (Å²) in [5.41, 5.74) is 2.13. The first-order chi connectivity index (χ1) is 15.1. The number of hydrogen-bond donors (Lipinski definition) is 1. The highest BCUT2D eigenvalue weighted by Gasteiger charge is 2.14. The first kappa shape index (κ1) is 19.9. The molecule has 6 heteroatoms. The standard InChI is InChI=1S/C25H19N3O3/c1-31-25(30)18(14-26)13-19-15-28(23-12-5-4-10-21(19)23)16-24(29)27-22-11-6-8-17-7-2-3-9-20(17)22/h2-13,15H,16H2,1H3,(H,27,29)/b18-13+. The van der Waals surface area contributed by atoms with E-state index in [0.717, 1.165) is 27.4 Å². The highest BCUT2D eigenvalue weighted by Crippen LogP contribution is 2.25. The largest absolute Gasteiger partial charge is 0.465 e. The molecule has 31 heavy (non-hydrogen) atoms. The second-order valence-corrected chi connectivity index (χ2v) is 6.97. The van der Waals surface area contributed by atoms with Crippen LogP contribution >= 0.6 is 0 Å². The number of esters is 1. The number of nitriles is 1. The van der Waals surface area contributed by atoms with Crippen molar-refractivity contribution in [3.63, 3.8) is 0 Å². The Bertz CT molecular complexity index is 1370. The lowest BCUT2D eigenvalue weighted by Crippen LogP contribution is -2.18. The maximum Gasteiger partial charge on any atom is 0.348 e. The number of carbonyl (C=O) groups is 2. The molecule has 1 N–H and O–H groups in total. The van der Waals surface area contributed by atoms with Crippen LogP contribution in [-0.4, -0.2) is 23.6 Å². The Morgan fingerprint density at radius 3 is 2.52 bits per heavy atom. The number of hydrogen-bond acceptors (Lipinski definition) is 4. The number of benzene rings is 3. The van der Waals surface area contributed by atoms with Crippen molar-refractivity contribution in [1.82, 2.24) is 4.57 Å².